The van der Waals surface area contributed by atoms with Gasteiger partial charge in [0.05, 0.1) is 17.3 Å². The minimum absolute atomic E-state index is 0.250. The van der Waals surface area contributed by atoms with Gasteiger partial charge in [0.15, 0.2) is 17.1 Å². The van der Waals surface area contributed by atoms with Crippen LogP contribution in [0.1, 0.15) is 5.56 Å². The summed E-state index contributed by atoms with van der Waals surface area (Å²) in [7, 11) is 0. The second kappa shape index (κ2) is 5.73. The number of nitrogens with zero attached hydrogens (tertiary/aromatic N) is 4. The smallest absolute Gasteiger partial charge is 0.231 e. The van der Waals surface area contributed by atoms with Crippen LogP contribution in [0.15, 0.2) is 55.0 Å². The number of hydrogen-bond donors (Lipinski definition) is 1. The third-order valence-electron chi connectivity index (χ3n) is 4.28. The molecule has 0 atom stereocenters. The summed E-state index contributed by atoms with van der Waals surface area (Å²) in [5, 5.41) is 8.63. The van der Waals surface area contributed by atoms with Gasteiger partial charge < -0.3 is 14.8 Å². The van der Waals surface area contributed by atoms with Crippen LogP contribution >= 0.6 is 0 Å². The molecule has 7 heteroatoms. The number of rotatable bonds is 3. The summed E-state index contributed by atoms with van der Waals surface area (Å²) in [4.78, 5) is 8.77. The molecule has 0 spiro atoms. The maximum absolute atomic E-state index is 5.42. The van der Waals surface area contributed by atoms with Crippen molar-refractivity contribution >= 4 is 22.5 Å². The van der Waals surface area contributed by atoms with Crippen molar-refractivity contribution in [2.24, 2.45) is 0 Å². The molecule has 0 amide bonds. The van der Waals surface area contributed by atoms with Crippen LogP contribution in [0.4, 0.5) is 11.5 Å². The molecule has 0 saturated heterocycles. The molecule has 1 aliphatic rings. The van der Waals surface area contributed by atoms with Crippen molar-refractivity contribution < 1.29 is 9.47 Å². The Morgan fingerprint density at radius 2 is 1.85 bits per heavy atom. The van der Waals surface area contributed by atoms with Gasteiger partial charge in [0.2, 0.25) is 6.79 Å². The number of ether oxygens (including phenoxy) is 2. The first-order chi connectivity index (χ1) is 12.8. The van der Waals surface area contributed by atoms with Crippen LogP contribution < -0.4 is 14.8 Å². The van der Waals surface area contributed by atoms with E-state index in [0.29, 0.717) is 5.82 Å². The van der Waals surface area contributed by atoms with Gasteiger partial charge in [0, 0.05) is 11.8 Å². The highest BCUT2D eigenvalue weighted by Gasteiger charge is 2.15. The van der Waals surface area contributed by atoms with E-state index in [2.05, 4.69) is 39.4 Å². The van der Waals surface area contributed by atoms with Crippen molar-refractivity contribution in [1.82, 2.24) is 19.7 Å². The van der Waals surface area contributed by atoms with Crippen molar-refractivity contribution in [2.75, 3.05) is 12.1 Å². The topological polar surface area (TPSA) is 74.1 Å². The Balaban J connectivity index is 1.54. The highest BCUT2D eigenvalue weighted by atomic mass is 16.7. The van der Waals surface area contributed by atoms with Gasteiger partial charge in [-0.2, -0.15) is 5.10 Å². The number of aryl methyl sites for hydroxylation is 1. The average Bonchev–Trinajstić information content (AvgIpc) is 3.29. The van der Waals surface area contributed by atoms with E-state index in [-0.39, 0.29) is 6.79 Å². The van der Waals surface area contributed by atoms with E-state index in [0.717, 1.165) is 33.9 Å². The summed E-state index contributed by atoms with van der Waals surface area (Å²) in [6.07, 6.45) is 3.30. The molecule has 2 aromatic carbocycles. The lowest BCUT2D eigenvalue weighted by Gasteiger charge is -2.08. The summed E-state index contributed by atoms with van der Waals surface area (Å²) >= 11 is 0. The molecular weight excluding hydrogens is 330 g/mol. The molecule has 0 saturated carbocycles. The number of aromatic nitrogens is 4. The van der Waals surface area contributed by atoms with Crippen molar-refractivity contribution in [3.63, 3.8) is 0 Å². The number of hydrogen-bond acceptors (Lipinski definition) is 6. The lowest BCUT2D eigenvalue weighted by Crippen LogP contribution is -1.99. The van der Waals surface area contributed by atoms with Crippen LogP contribution in [0.2, 0.25) is 0 Å². The Kier molecular flexibility index (Phi) is 3.24. The van der Waals surface area contributed by atoms with Crippen molar-refractivity contribution in [3.05, 3.63) is 60.6 Å². The van der Waals surface area contributed by atoms with Gasteiger partial charge >= 0.3 is 0 Å². The predicted octanol–water partition coefficient (Wildman–Crippen LogP) is 3.60. The SMILES string of the molecule is Cc1ccc(-n2ncc3c(Nc4ccc5c(c4)OCO5)ncnc32)cc1. The normalized spacial score (nSPS) is 12.5. The molecule has 0 aliphatic carbocycles. The number of benzene rings is 2. The molecule has 0 fully saturated rings. The number of anilines is 2. The predicted molar refractivity (Wildman–Crippen MR) is 97.2 cm³/mol. The Hall–Kier alpha value is -3.61. The molecule has 0 unspecified atom stereocenters. The van der Waals surface area contributed by atoms with Crippen LogP contribution in [0.5, 0.6) is 11.5 Å². The Morgan fingerprint density at radius 3 is 2.73 bits per heavy atom. The van der Waals surface area contributed by atoms with E-state index >= 15 is 0 Å². The summed E-state index contributed by atoms with van der Waals surface area (Å²) in [6.45, 7) is 2.31. The molecule has 5 rings (SSSR count). The fourth-order valence-electron chi connectivity index (χ4n) is 2.93. The molecule has 3 heterocycles. The molecule has 0 radical (unpaired) electrons. The van der Waals surface area contributed by atoms with Crippen LogP contribution in [-0.2, 0) is 0 Å². The fourth-order valence-corrected chi connectivity index (χ4v) is 2.93. The Labute approximate surface area is 149 Å². The van der Waals surface area contributed by atoms with Crippen LogP contribution in [0.3, 0.4) is 0 Å². The molecular formula is C19H15N5O2. The zero-order valence-electron chi connectivity index (χ0n) is 14.0. The third-order valence-corrected chi connectivity index (χ3v) is 4.28. The largest absolute Gasteiger partial charge is 0.454 e. The quantitative estimate of drug-likeness (QED) is 0.612. The zero-order chi connectivity index (χ0) is 17.5. The first-order valence-electron chi connectivity index (χ1n) is 8.20. The van der Waals surface area contributed by atoms with Gasteiger partial charge in [-0.05, 0) is 31.2 Å². The number of nitrogens with one attached hydrogen (secondary N) is 1. The van der Waals surface area contributed by atoms with Crippen molar-refractivity contribution in [1.29, 1.82) is 0 Å². The average molecular weight is 345 g/mol. The van der Waals surface area contributed by atoms with Crippen LogP contribution in [0, 0.1) is 6.92 Å². The maximum atomic E-state index is 5.42. The first-order valence-corrected chi connectivity index (χ1v) is 8.20. The monoisotopic (exact) mass is 345 g/mol. The van der Waals surface area contributed by atoms with Gasteiger partial charge in [-0.15, -0.1) is 0 Å². The van der Waals surface area contributed by atoms with Crippen LogP contribution in [0.25, 0.3) is 16.7 Å². The van der Waals surface area contributed by atoms with E-state index in [9.17, 15) is 0 Å². The molecule has 7 nitrogen and oxygen atoms in total. The lowest BCUT2D eigenvalue weighted by molar-refractivity contribution is 0.174. The highest BCUT2D eigenvalue weighted by molar-refractivity contribution is 5.89. The van der Waals surface area contributed by atoms with E-state index < -0.39 is 0 Å². The van der Waals surface area contributed by atoms with Gasteiger partial charge in [-0.25, -0.2) is 14.6 Å². The van der Waals surface area contributed by atoms with Crippen molar-refractivity contribution in [3.8, 4) is 17.2 Å². The fraction of sp³-hybridized carbons (Fsp3) is 0.105. The first kappa shape index (κ1) is 14.7. The highest BCUT2D eigenvalue weighted by Crippen LogP contribution is 2.35. The van der Waals surface area contributed by atoms with Crippen molar-refractivity contribution in [2.45, 2.75) is 6.92 Å². The van der Waals surface area contributed by atoms with Gasteiger partial charge in [0.25, 0.3) is 0 Å². The van der Waals surface area contributed by atoms with Crippen LogP contribution in [-0.4, -0.2) is 26.5 Å². The van der Waals surface area contributed by atoms with Gasteiger partial charge in [-0.1, -0.05) is 17.7 Å². The summed E-state index contributed by atoms with van der Waals surface area (Å²) < 4.78 is 12.6. The molecule has 4 aromatic rings. The molecule has 1 N–H and O–H groups in total. The molecule has 1 aliphatic heterocycles. The van der Waals surface area contributed by atoms with E-state index in [4.69, 9.17) is 9.47 Å². The molecule has 2 aromatic heterocycles. The van der Waals surface area contributed by atoms with E-state index in [1.54, 1.807) is 10.9 Å². The third kappa shape index (κ3) is 2.41. The van der Waals surface area contributed by atoms with E-state index in [1.165, 1.54) is 11.9 Å². The van der Waals surface area contributed by atoms with Gasteiger partial charge in [-0.3, -0.25) is 0 Å². The molecule has 26 heavy (non-hydrogen) atoms. The molecule has 0 bridgehead atoms. The zero-order valence-corrected chi connectivity index (χ0v) is 14.0. The Bertz CT molecular complexity index is 1100. The van der Waals surface area contributed by atoms with E-state index in [1.807, 2.05) is 30.3 Å². The summed E-state index contributed by atoms with van der Waals surface area (Å²) in [5.74, 6) is 2.15. The van der Waals surface area contributed by atoms with Gasteiger partial charge in [0.1, 0.15) is 12.1 Å². The summed E-state index contributed by atoms with van der Waals surface area (Å²) in [5.41, 5.74) is 3.76. The standard InChI is InChI=1S/C19H15N5O2/c1-12-2-5-14(6-3-12)24-19-15(9-22-24)18(20-10-21-19)23-13-4-7-16-17(8-13)26-11-25-16/h2-10H,11H2,1H3,(H,20,21,23). The minimum atomic E-state index is 0.250. The number of fused-ring (bicyclic) bond motifs is 2. The molecule has 128 valence electrons. The summed E-state index contributed by atoms with van der Waals surface area (Å²) in [6, 6.07) is 13.8. The second-order valence-corrected chi connectivity index (χ2v) is 6.04. The minimum Gasteiger partial charge on any atom is -0.454 e. The Morgan fingerprint density at radius 1 is 1.00 bits per heavy atom. The maximum Gasteiger partial charge on any atom is 0.231 e. The lowest BCUT2D eigenvalue weighted by atomic mass is 10.2. The second-order valence-electron chi connectivity index (χ2n) is 6.04.